The zero-order valence-corrected chi connectivity index (χ0v) is 11.3. The Morgan fingerprint density at radius 2 is 2.33 bits per heavy atom. The minimum atomic E-state index is 0.450. The summed E-state index contributed by atoms with van der Waals surface area (Å²) >= 11 is 5.16. The van der Waals surface area contributed by atoms with Crippen molar-refractivity contribution < 1.29 is 4.74 Å². The molecule has 18 heavy (non-hydrogen) atoms. The van der Waals surface area contributed by atoms with Crippen LogP contribution in [-0.4, -0.2) is 26.4 Å². The van der Waals surface area contributed by atoms with Crippen molar-refractivity contribution in [1.29, 1.82) is 0 Å². The molecule has 0 amide bonds. The van der Waals surface area contributed by atoms with Gasteiger partial charge < -0.3 is 9.72 Å². The maximum atomic E-state index is 5.46. The summed E-state index contributed by atoms with van der Waals surface area (Å²) in [4.78, 5) is 7.46. The average molecular weight is 264 g/mol. The van der Waals surface area contributed by atoms with E-state index in [-0.39, 0.29) is 0 Å². The minimum absolute atomic E-state index is 0.450. The summed E-state index contributed by atoms with van der Waals surface area (Å²) in [7, 11) is 1.88. The van der Waals surface area contributed by atoms with Crippen LogP contribution in [0.1, 0.15) is 19.2 Å². The maximum Gasteiger partial charge on any atom is 0.134 e. The molecule has 0 spiro atoms. The lowest BCUT2D eigenvalue weighted by atomic mass is 10.2. The number of hydrogen-bond donors (Lipinski definition) is 1. The van der Waals surface area contributed by atoms with Crippen molar-refractivity contribution in [3.63, 3.8) is 0 Å². The zero-order valence-electron chi connectivity index (χ0n) is 10.5. The smallest absolute Gasteiger partial charge is 0.134 e. The van der Waals surface area contributed by atoms with Crippen LogP contribution in [0.2, 0.25) is 0 Å². The van der Waals surface area contributed by atoms with Gasteiger partial charge in [0, 0.05) is 25.4 Å². The van der Waals surface area contributed by atoms with E-state index in [4.69, 9.17) is 17.0 Å². The summed E-state index contributed by atoms with van der Waals surface area (Å²) in [6.45, 7) is 3.24. The van der Waals surface area contributed by atoms with E-state index in [1.54, 1.807) is 10.9 Å². The number of nitrogens with one attached hydrogen (secondary N) is 1. The molecule has 5 nitrogen and oxygen atoms in total. The molecule has 0 saturated heterocycles. The summed E-state index contributed by atoms with van der Waals surface area (Å²) in [5.74, 6) is 0.745. The molecule has 2 aromatic heterocycles. The second-order valence-corrected chi connectivity index (χ2v) is 4.45. The fraction of sp³-hybridized carbons (Fsp3) is 0.417. The lowest BCUT2D eigenvalue weighted by Crippen LogP contribution is -2.01. The topological polar surface area (TPSA) is 55.7 Å². The van der Waals surface area contributed by atoms with Gasteiger partial charge in [0.15, 0.2) is 0 Å². The van der Waals surface area contributed by atoms with Crippen LogP contribution in [0.15, 0.2) is 18.5 Å². The number of aromatic nitrogens is 4. The number of aryl methyl sites for hydroxylation is 1. The van der Waals surface area contributed by atoms with Crippen LogP contribution in [0.25, 0.3) is 11.3 Å². The van der Waals surface area contributed by atoms with Crippen LogP contribution in [0, 0.1) is 4.64 Å². The molecule has 96 valence electrons. The number of hydrogen-bond acceptors (Lipinski definition) is 4. The predicted molar refractivity (Wildman–Crippen MR) is 71.6 cm³/mol. The second-order valence-electron chi connectivity index (χ2n) is 4.04. The molecule has 0 aromatic carbocycles. The van der Waals surface area contributed by atoms with Gasteiger partial charge in [0.25, 0.3) is 0 Å². The summed E-state index contributed by atoms with van der Waals surface area (Å²) in [6, 6.07) is 1.83. The molecule has 2 aromatic rings. The third-order valence-corrected chi connectivity index (χ3v) is 2.60. The first-order valence-corrected chi connectivity index (χ1v) is 6.27. The zero-order chi connectivity index (χ0) is 13.0. The largest absolute Gasteiger partial charge is 0.374 e. The van der Waals surface area contributed by atoms with Crippen LogP contribution < -0.4 is 0 Å². The maximum absolute atomic E-state index is 5.46. The van der Waals surface area contributed by atoms with Crippen molar-refractivity contribution >= 4 is 12.2 Å². The molecular formula is C12H16N4OS. The second kappa shape index (κ2) is 5.88. The Bertz CT molecular complexity index is 575. The molecule has 0 unspecified atom stereocenters. The van der Waals surface area contributed by atoms with Gasteiger partial charge in [-0.15, -0.1) is 0 Å². The van der Waals surface area contributed by atoms with E-state index in [2.05, 4.69) is 22.0 Å². The van der Waals surface area contributed by atoms with Gasteiger partial charge in [-0.3, -0.25) is 4.68 Å². The van der Waals surface area contributed by atoms with Crippen molar-refractivity contribution in [2.45, 2.75) is 20.0 Å². The Hall–Kier alpha value is -1.53. The van der Waals surface area contributed by atoms with Crippen molar-refractivity contribution in [2.75, 3.05) is 6.61 Å². The predicted octanol–water partition coefficient (Wildman–Crippen LogP) is 2.47. The van der Waals surface area contributed by atoms with E-state index in [0.29, 0.717) is 11.2 Å². The molecule has 1 N–H and O–H groups in total. The van der Waals surface area contributed by atoms with Crippen molar-refractivity contribution in [1.82, 2.24) is 19.7 Å². The molecule has 6 heteroatoms. The highest BCUT2D eigenvalue weighted by Gasteiger charge is 2.04. The molecule has 0 aliphatic heterocycles. The van der Waals surface area contributed by atoms with Crippen LogP contribution in [-0.2, 0) is 18.4 Å². The molecule has 0 bridgehead atoms. The summed E-state index contributed by atoms with van der Waals surface area (Å²) in [6.07, 6.45) is 4.71. The Kier molecular flexibility index (Phi) is 4.22. The lowest BCUT2D eigenvalue weighted by Gasteiger charge is -2.05. The number of nitrogens with zero attached hydrogens (tertiary/aromatic N) is 3. The average Bonchev–Trinajstić information content (AvgIpc) is 2.76. The van der Waals surface area contributed by atoms with Crippen molar-refractivity contribution in [3.8, 4) is 11.3 Å². The molecule has 0 atom stereocenters. The Morgan fingerprint density at radius 3 is 3.00 bits per heavy atom. The van der Waals surface area contributed by atoms with Gasteiger partial charge in [0.05, 0.1) is 11.9 Å². The number of rotatable bonds is 5. The SMILES string of the molecule is CCCOCc1nc(=S)cc(-c2cnn(C)c2)[nH]1. The first-order valence-electron chi connectivity index (χ1n) is 5.86. The Morgan fingerprint density at radius 1 is 1.50 bits per heavy atom. The van der Waals surface area contributed by atoms with Crippen molar-refractivity contribution in [3.05, 3.63) is 28.9 Å². The van der Waals surface area contributed by atoms with Crippen LogP contribution >= 0.6 is 12.2 Å². The van der Waals surface area contributed by atoms with Gasteiger partial charge in [-0.25, -0.2) is 4.98 Å². The van der Waals surface area contributed by atoms with E-state index in [1.807, 2.05) is 19.3 Å². The minimum Gasteiger partial charge on any atom is -0.374 e. The number of ether oxygens (including phenoxy) is 1. The standard InChI is InChI=1S/C12H16N4OS/c1-3-4-17-8-11-14-10(5-12(18)15-11)9-6-13-16(2)7-9/h5-7H,3-4,8H2,1-2H3,(H,14,15,18). The lowest BCUT2D eigenvalue weighted by molar-refractivity contribution is 0.116. The highest BCUT2D eigenvalue weighted by molar-refractivity contribution is 7.71. The highest BCUT2D eigenvalue weighted by Crippen LogP contribution is 2.15. The molecular weight excluding hydrogens is 248 g/mol. The number of aromatic amines is 1. The monoisotopic (exact) mass is 264 g/mol. The molecule has 2 heterocycles. The fourth-order valence-electron chi connectivity index (χ4n) is 1.61. The first-order chi connectivity index (χ1) is 8.69. The van der Waals surface area contributed by atoms with E-state index < -0.39 is 0 Å². The normalized spacial score (nSPS) is 10.8. The van der Waals surface area contributed by atoms with Crippen molar-refractivity contribution in [2.24, 2.45) is 7.05 Å². The van der Waals surface area contributed by atoms with Crippen LogP contribution in [0.4, 0.5) is 0 Å². The Balaban J connectivity index is 2.24. The molecule has 0 saturated carbocycles. The highest BCUT2D eigenvalue weighted by atomic mass is 32.1. The van der Waals surface area contributed by atoms with Gasteiger partial charge in [0.2, 0.25) is 0 Å². The van der Waals surface area contributed by atoms with Gasteiger partial charge in [0.1, 0.15) is 17.1 Å². The third kappa shape index (κ3) is 3.24. The first kappa shape index (κ1) is 12.9. The quantitative estimate of drug-likeness (QED) is 0.666. The Labute approximate surface area is 111 Å². The van der Waals surface area contributed by atoms with Gasteiger partial charge in [-0.2, -0.15) is 5.10 Å². The third-order valence-electron chi connectivity index (χ3n) is 2.40. The number of H-pyrrole nitrogens is 1. The van der Waals surface area contributed by atoms with Gasteiger partial charge >= 0.3 is 0 Å². The molecule has 0 radical (unpaired) electrons. The van der Waals surface area contributed by atoms with Crippen LogP contribution in [0.5, 0.6) is 0 Å². The molecule has 2 rings (SSSR count). The van der Waals surface area contributed by atoms with E-state index in [0.717, 1.165) is 30.1 Å². The van der Waals surface area contributed by atoms with Crippen LogP contribution in [0.3, 0.4) is 0 Å². The molecule has 0 aliphatic rings. The summed E-state index contributed by atoms with van der Waals surface area (Å²) < 4.78 is 7.77. The fourth-order valence-corrected chi connectivity index (χ4v) is 1.83. The summed E-state index contributed by atoms with van der Waals surface area (Å²) in [5, 5.41) is 4.14. The van der Waals surface area contributed by atoms with Gasteiger partial charge in [-0.05, 0) is 12.5 Å². The van der Waals surface area contributed by atoms with Gasteiger partial charge in [-0.1, -0.05) is 19.1 Å². The van der Waals surface area contributed by atoms with E-state index >= 15 is 0 Å². The van der Waals surface area contributed by atoms with E-state index in [1.165, 1.54) is 0 Å². The van der Waals surface area contributed by atoms with E-state index in [9.17, 15) is 0 Å². The summed E-state index contributed by atoms with van der Waals surface area (Å²) in [5.41, 5.74) is 1.90. The molecule has 0 aliphatic carbocycles. The molecule has 0 fully saturated rings.